The zero-order valence-corrected chi connectivity index (χ0v) is 13.9. The van der Waals surface area contributed by atoms with E-state index in [0.29, 0.717) is 12.5 Å². The molecule has 8 heteroatoms. The maximum absolute atomic E-state index is 12.0. The van der Waals surface area contributed by atoms with Crippen molar-refractivity contribution in [2.75, 3.05) is 18.6 Å². The summed E-state index contributed by atoms with van der Waals surface area (Å²) in [5.41, 5.74) is 6.09. The van der Waals surface area contributed by atoms with Gasteiger partial charge in [0, 0.05) is 6.04 Å². The zero-order chi connectivity index (χ0) is 16.5. The number of hydrogen-bond donors (Lipinski definition) is 2. The summed E-state index contributed by atoms with van der Waals surface area (Å²) < 4.78 is 10.1. The van der Waals surface area contributed by atoms with E-state index in [9.17, 15) is 9.59 Å². The van der Waals surface area contributed by atoms with Crippen LogP contribution in [-0.2, 0) is 9.53 Å². The minimum Gasteiger partial charge on any atom is -0.466 e. The average molecular weight is 329 g/mol. The standard InChI is InChI=1S/C14H23N3O4S/c1-4-20-12(18)7-9(2)16-13(19)11-8-21-14(17-11)10(15)5-6-22-3/h8-10H,4-7,15H2,1-3H3,(H,16,19). The number of ether oxygens (including phenoxy) is 1. The van der Waals surface area contributed by atoms with E-state index in [1.807, 2.05) is 6.26 Å². The predicted molar refractivity (Wildman–Crippen MR) is 84.6 cm³/mol. The molecule has 2 atom stereocenters. The average Bonchev–Trinajstić information content (AvgIpc) is 2.94. The van der Waals surface area contributed by atoms with Crippen molar-refractivity contribution in [1.29, 1.82) is 0 Å². The molecule has 0 fully saturated rings. The molecule has 124 valence electrons. The molecule has 2 unspecified atom stereocenters. The third-order valence-electron chi connectivity index (χ3n) is 2.86. The molecule has 0 aliphatic rings. The van der Waals surface area contributed by atoms with Crippen LogP contribution in [0.4, 0.5) is 0 Å². The van der Waals surface area contributed by atoms with Crippen molar-refractivity contribution in [2.24, 2.45) is 5.73 Å². The second kappa shape index (κ2) is 9.47. The summed E-state index contributed by atoms with van der Waals surface area (Å²) in [5, 5.41) is 2.67. The number of hydrogen-bond acceptors (Lipinski definition) is 7. The third kappa shape index (κ3) is 6.07. The minimum absolute atomic E-state index is 0.109. The zero-order valence-electron chi connectivity index (χ0n) is 13.1. The van der Waals surface area contributed by atoms with Gasteiger partial charge in [-0.2, -0.15) is 11.8 Å². The van der Waals surface area contributed by atoms with Crippen LogP contribution in [0.25, 0.3) is 0 Å². The molecule has 1 heterocycles. The summed E-state index contributed by atoms with van der Waals surface area (Å²) in [6, 6.07) is -0.678. The Labute approximate surface area is 134 Å². The molecule has 1 amide bonds. The molecule has 3 N–H and O–H groups in total. The first-order valence-corrected chi connectivity index (χ1v) is 8.53. The molecule has 0 aromatic carbocycles. The lowest BCUT2D eigenvalue weighted by Gasteiger charge is -2.11. The Bertz CT molecular complexity index is 492. The number of nitrogens with one attached hydrogen (secondary N) is 1. The molecule has 7 nitrogen and oxygen atoms in total. The number of oxazole rings is 1. The monoisotopic (exact) mass is 329 g/mol. The first kappa shape index (κ1) is 18.5. The summed E-state index contributed by atoms with van der Waals surface area (Å²) in [6.07, 6.45) is 4.10. The number of aromatic nitrogens is 1. The number of nitrogens with two attached hydrogens (primary N) is 1. The van der Waals surface area contributed by atoms with Crippen molar-refractivity contribution in [3.8, 4) is 0 Å². The van der Waals surface area contributed by atoms with Crippen molar-refractivity contribution < 1.29 is 18.7 Å². The van der Waals surface area contributed by atoms with Gasteiger partial charge in [-0.1, -0.05) is 0 Å². The van der Waals surface area contributed by atoms with Gasteiger partial charge in [0.2, 0.25) is 5.89 Å². The van der Waals surface area contributed by atoms with Crippen LogP contribution >= 0.6 is 11.8 Å². The fourth-order valence-electron chi connectivity index (χ4n) is 1.75. The third-order valence-corrected chi connectivity index (χ3v) is 3.50. The molecule has 1 aromatic heterocycles. The SMILES string of the molecule is CCOC(=O)CC(C)NC(=O)c1coc(C(N)CCSC)n1. The molecule has 0 spiro atoms. The topological polar surface area (TPSA) is 107 Å². The summed E-state index contributed by atoms with van der Waals surface area (Å²) in [5.74, 6) is 0.484. The van der Waals surface area contributed by atoms with Gasteiger partial charge in [-0.15, -0.1) is 0 Å². The lowest BCUT2D eigenvalue weighted by molar-refractivity contribution is -0.143. The van der Waals surface area contributed by atoms with Crippen molar-refractivity contribution in [2.45, 2.75) is 38.8 Å². The number of thioether (sulfide) groups is 1. The lowest BCUT2D eigenvalue weighted by atomic mass is 10.2. The van der Waals surface area contributed by atoms with Gasteiger partial charge in [-0.25, -0.2) is 4.98 Å². The Balaban J connectivity index is 2.52. The molecule has 0 radical (unpaired) electrons. The van der Waals surface area contributed by atoms with E-state index in [4.69, 9.17) is 14.9 Å². The highest BCUT2D eigenvalue weighted by atomic mass is 32.2. The van der Waals surface area contributed by atoms with Crippen LogP contribution in [0.1, 0.15) is 49.1 Å². The van der Waals surface area contributed by atoms with E-state index in [2.05, 4.69) is 10.3 Å². The maximum atomic E-state index is 12.0. The Kier molecular flexibility index (Phi) is 7.97. The molecular formula is C14H23N3O4S. The fourth-order valence-corrected chi connectivity index (χ4v) is 2.24. The molecule has 0 aliphatic carbocycles. The second-order valence-corrected chi connectivity index (χ2v) is 5.83. The van der Waals surface area contributed by atoms with Crippen LogP contribution in [-0.4, -0.2) is 41.5 Å². The van der Waals surface area contributed by atoms with Crippen molar-refractivity contribution >= 4 is 23.6 Å². The Morgan fingerprint density at radius 3 is 2.91 bits per heavy atom. The Morgan fingerprint density at radius 1 is 1.55 bits per heavy atom. The highest BCUT2D eigenvalue weighted by Crippen LogP contribution is 2.15. The van der Waals surface area contributed by atoms with E-state index in [1.165, 1.54) is 6.26 Å². The van der Waals surface area contributed by atoms with Gasteiger partial charge in [0.15, 0.2) is 5.69 Å². The van der Waals surface area contributed by atoms with Gasteiger partial charge in [0.05, 0.1) is 19.1 Å². The van der Waals surface area contributed by atoms with Gasteiger partial charge >= 0.3 is 5.97 Å². The van der Waals surface area contributed by atoms with E-state index in [-0.39, 0.29) is 30.2 Å². The van der Waals surface area contributed by atoms with Gasteiger partial charge in [-0.05, 0) is 32.3 Å². The summed E-state index contributed by atoms with van der Waals surface area (Å²) in [7, 11) is 0. The number of amides is 1. The number of nitrogens with zero attached hydrogens (tertiary/aromatic N) is 1. The molecule has 0 aliphatic heterocycles. The first-order valence-electron chi connectivity index (χ1n) is 7.14. The van der Waals surface area contributed by atoms with Gasteiger partial charge in [0.25, 0.3) is 5.91 Å². The number of carbonyl (C=O) groups is 2. The van der Waals surface area contributed by atoms with E-state index >= 15 is 0 Å². The molecule has 0 bridgehead atoms. The van der Waals surface area contributed by atoms with Crippen molar-refractivity contribution in [3.63, 3.8) is 0 Å². The summed E-state index contributed by atoms with van der Waals surface area (Å²) in [4.78, 5) is 27.5. The number of carbonyl (C=O) groups excluding carboxylic acids is 2. The van der Waals surface area contributed by atoms with E-state index in [0.717, 1.165) is 12.2 Å². The molecule has 22 heavy (non-hydrogen) atoms. The largest absolute Gasteiger partial charge is 0.466 e. The quantitative estimate of drug-likeness (QED) is 0.661. The normalized spacial score (nSPS) is 13.5. The second-order valence-electron chi connectivity index (χ2n) is 4.84. The van der Waals surface area contributed by atoms with Crippen LogP contribution in [0.5, 0.6) is 0 Å². The van der Waals surface area contributed by atoms with Crippen LogP contribution in [0.15, 0.2) is 10.7 Å². The van der Waals surface area contributed by atoms with Crippen LogP contribution < -0.4 is 11.1 Å². The van der Waals surface area contributed by atoms with Crippen molar-refractivity contribution in [1.82, 2.24) is 10.3 Å². The Hall–Kier alpha value is -1.54. The van der Waals surface area contributed by atoms with Crippen molar-refractivity contribution in [3.05, 3.63) is 17.8 Å². The molecule has 0 saturated carbocycles. The van der Waals surface area contributed by atoms with Gasteiger partial charge in [-0.3, -0.25) is 9.59 Å². The molecule has 1 aromatic rings. The van der Waals surface area contributed by atoms with Gasteiger partial charge < -0.3 is 20.2 Å². The Morgan fingerprint density at radius 2 is 2.27 bits per heavy atom. The smallest absolute Gasteiger partial charge is 0.307 e. The van der Waals surface area contributed by atoms with E-state index < -0.39 is 5.91 Å². The first-order chi connectivity index (χ1) is 10.5. The lowest BCUT2D eigenvalue weighted by Crippen LogP contribution is -2.34. The molecular weight excluding hydrogens is 306 g/mol. The fraction of sp³-hybridized carbons (Fsp3) is 0.643. The number of esters is 1. The van der Waals surface area contributed by atoms with E-state index in [1.54, 1.807) is 25.6 Å². The van der Waals surface area contributed by atoms with Crippen LogP contribution in [0.2, 0.25) is 0 Å². The molecule has 0 saturated heterocycles. The highest BCUT2D eigenvalue weighted by molar-refractivity contribution is 7.98. The summed E-state index contributed by atoms with van der Waals surface area (Å²) >= 11 is 1.68. The predicted octanol–water partition coefficient (Wildman–Crippen LogP) is 1.50. The van der Waals surface area contributed by atoms with Gasteiger partial charge in [0.1, 0.15) is 6.26 Å². The summed E-state index contributed by atoms with van der Waals surface area (Å²) in [6.45, 7) is 3.78. The van der Waals surface area contributed by atoms with Crippen LogP contribution in [0, 0.1) is 0 Å². The maximum Gasteiger partial charge on any atom is 0.307 e. The highest BCUT2D eigenvalue weighted by Gasteiger charge is 2.19. The van der Waals surface area contributed by atoms with Crippen LogP contribution in [0.3, 0.4) is 0 Å². The number of rotatable bonds is 9. The minimum atomic E-state index is -0.399. The molecule has 1 rings (SSSR count).